The third-order valence-electron chi connectivity index (χ3n) is 7.64. The molecule has 0 aliphatic carbocycles. The first-order valence-corrected chi connectivity index (χ1v) is 14.6. The van der Waals surface area contributed by atoms with E-state index >= 15 is 0 Å². The van der Waals surface area contributed by atoms with Crippen LogP contribution in [0.15, 0.2) is 145 Å². The Labute approximate surface area is 271 Å². The number of benzene rings is 6. The molecular weight excluding hydrogens is 557 g/mol. The lowest BCUT2D eigenvalue weighted by Crippen LogP contribution is -2.00. The zero-order chi connectivity index (χ0) is 37.7. The van der Waals surface area contributed by atoms with Crippen LogP contribution in [-0.2, 0) is 0 Å². The first-order valence-electron chi connectivity index (χ1n) is 18.8. The van der Waals surface area contributed by atoms with Crippen molar-refractivity contribution >= 4 is 53.3 Å². The Morgan fingerprint density at radius 2 is 1.07 bits per heavy atom. The molecule has 206 valence electrons. The average molecular weight is 591 g/mol. The number of rotatable bonds is 4. The van der Waals surface area contributed by atoms with Crippen molar-refractivity contribution in [2.24, 2.45) is 0 Å². The van der Waals surface area contributed by atoms with Crippen LogP contribution in [0.5, 0.6) is 0 Å². The highest BCUT2D eigenvalue weighted by Crippen LogP contribution is 2.40. The van der Waals surface area contributed by atoms with Gasteiger partial charge in [-0.3, -0.25) is 0 Å². The van der Waals surface area contributed by atoms with E-state index in [9.17, 15) is 0 Å². The Bertz CT molecular complexity index is 2920. The molecule has 0 aliphatic rings. The fourth-order valence-electron chi connectivity index (χ4n) is 5.68. The van der Waals surface area contributed by atoms with Crippen molar-refractivity contribution in [2.75, 3.05) is 0 Å². The molecule has 3 aromatic heterocycles. The number of fused-ring (bicyclic) bond motifs is 6. The number of aromatic nitrogens is 4. The van der Waals surface area contributed by atoms with E-state index in [0.717, 1.165) is 32.2 Å². The number of hydrogen-bond donors (Lipinski definition) is 0. The van der Waals surface area contributed by atoms with Crippen LogP contribution in [-0.4, -0.2) is 19.5 Å². The molecule has 0 N–H and O–H groups in total. The third-order valence-corrected chi connectivity index (χ3v) is 8.77. The lowest BCUT2D eigenvalue weighted by atomic mass is 10.1. The van der Waals surface area contributed by atoms with Crippen molar-refractivity contribution in [3.8, 4) is 39.9 Å². The summed E-state index contributed by atoms with van der Waals surface area (Å²) in [5.74, 6) is -0.607. The Balaban J connectivity index is 1.25. The molecule has 9 aromatic rings. The third kappa shape index (κ3) is 4.02. The van der Waals surface area contributed by atoms with E-state index in [1.165, 1.54) is 15.5 Å². The number of nitrogens with zero attached hydrogens (tertiary/aromatic N) is 4. The van der Waals surface area contributed by atoms with Crippen molar-refractivity contribution < 1.29 is 13.7 Å². The van der Waals surface area contributed by atoms with Crippen LogP contribution >= 0.6 is 11.3 Å². The van der Waals surface area contributed by atoms with Gasteiger partial charge >= 0.3 is 0 Å². The lowest BCUT2D eigenvalue weighted by Gasteiger charge is -2.11. The largest absolute Gasteiger partial charge is 0.309 e. The van der Waals surface area contributed by atoms with Gasteiger partial charge in [0.2, 0.25) is 0 Å². The second-order valence-electron chi connectivity index (χ2n) is 10.2. The van der Waals surface area contributed by atoms with Crippen molar-refractivity contribution in [1.82, 2.24) is 19.5 Å². The highest BCUT2D eigenvalue weighted by molar-refractivity contribution is 7.25. The fourth-order valence-corrected chi connectivity index (χ4v) is 6.80. The summed E-state index contributed by atoms with van der Waals surface area (Å²) in [6, 6.07) is 22.6. The van der Waals surface area contributed by atoms with Crippen LogP contribution < -0.4 is 0 Å². The minimum atomic E-state index is -0.597. The predicted octanol–water partition coefficient (Wildman–Crippen LogP) is 10.3. The molecule has 0 aliphatic heterocycles. The lowest BCUT2D eigenvalue weighted by molar-refractivity contribution is 1.07. The van der Waals surface area contributed by atoms with Gasteiger partial charge in [0.25, 0.3) is 0 Å². The predicted molar refractivity (Wildman–Crippen MR) is 183 cm³/mol. The molecule has 6 aromatic carbocycles. The minimum Gasteiger partial charge on any atom is -0.309 e. The van der Waals surface area contributed by atoms with E-state index in [2.05, 4.69) is 62.0 Å². The van der Waals surface area contributed by atoms with Gasteiger partial charge in [-0.25, -0.2) is 15.0 Å². The number of para-hydroxylation sites is 1. The van der Waals surface area contributed by atoms with E-state index in [-0.39, 0.29) is 28.6 Å². The van der Waals surface area contributed by atoms with Gasteiger partial charge in [0.15, 0.2) is 17.5 Å². The van der Waals surface area contributed by atoms with Gasteiger partial charge in [-0.05, 0) is 48.5 Å². The summed E-state index contributed by atoms with van der Waals surface area (Å²) in [4.78, 5) is 13.5. The molecule has 0 amide bonds. The maximum atomic E-state index is 8.59. The molecule has 0 saturated heterocycles. The molecule has 0 fully saturated rings. The fraction of sp³-hybridized carbons (Fsp3) is 0. The molecule has 4 nitrogen and oxygen atoms in total. The van der Waals surface area contributed by atoms with Gasteiger partial charge in [0, 0.05) is 53.3 Å². The van der Waals surface area contributed by atoms with Crippen molar-refractivity contribution in [3.63, 3.8) is 0 Å². The quantitative estimate of drug-likeness (QED) is 0.205. The van der Waals surface area contributed by atoms with Crippen LogP contribution in [0.1, 0.15) is 13.7 Å². The van der Waals surface area contributed by atoms with Crippen molar-refractivity contribution in [1.29, 1.82) is 0 Å². The molecule has 9 rings (SSSR count). The molecule has 0 radical (unpaired) electrons. The van der Waals surface area contributed by atoms with Crippen LogP contribution in [0.4, 0.5) is 0 Å². The van der Waals surface area contributed by atoms with E-state index in [1.807, 2.05) is 30.3 Å². The SMILES string of the molecule is [2H]c1c([2H])c([2H])c(-c2nc(-c3ccc(-n4c5ccccc5c5cc6c(cc54)sc4ccccc46)cc3)nc(-c3c([2H])c([2H])c([2H])c([2H])c3[2H])n2)c([2H])c1[2H]. The topological polar surface area (TPSA) is 43.6 Å². The number of hydrogen-bond acceptors (Lipinski definition) is 4. The number of thiophene rings is 1. The smallest absolute Gasteiger partial charge is 0.164 e. The van der Waals surface area contributed by atoms with E-state index < -0.39 is 60.4 Å². The Kier molecular flexibility index (Phi) is 3.82. The maximum absolute atomic E-state index is 8.59. The van der Waals surface area contributed by atoms with E-state index in [1.54, 1.807) is 23.5 Å². The molecule has 0 bridgehead atoms. The second-order valence-corrected chi connectivity index (χ2v) is 11.3. The second kappa shape index (κ2) is 9.97. The van der Waals surface area contributed by atoms with Gasteiger partial charge in [0.1, 0.15) is 0 Å². The molecule has 0 spiro atoms. The van der Waals surface area contributed by atoms with Gasteiger partial charge in [-0.1, -0.05) is 96.8 Å². The van der Waals surface area contributed by atoms with Crippen molar-refractivity contribution in [3.05, 3.63) is 145 Å². The minimum absolute atomic E-state index is 0.00868. The molecule has 44 heavy (non-hydrogen) atoms. The average Bonchev–Trinajstić information content (AvgIpc) is 3.71. The van der Waals surface area contributed by atoms with Gasteiger partial charge in [-0.2, -0.15) is 0 Å². The zero-order valence-electron chi connectivity index (χ0n) is 32.8. The van der Waals surface area contributed by atoms with Crippen LogP contribution in [0.3, 0.4) is 0 Å². The van der Waals surface area contributed by atoms with Gasteiger partial charge in [-0.15, -0.1) is 11.3 Å². The van der Waals surface area contributed by atoms with Crippen LogP contribution in [0.2, 0.25) is 0 Å². The van der Waals surface area contributed by atoms with Gasteiger partial charge < -0.3 is 4.57 Å². The van der Waals surface area contributed by atoms with Gasteiger partial charge in [0.05, 0.1) is 24.7 Å². The summed E-state index contributed by atoms with van der Waals surface area (Å²) < 4.78 is 88.0. The normalized spacial score (nSPS) is 14.8. The van der Waals surface area contributed by atoms with Crippen molar-refractivity contribution in [2.45, 2.75) is 0 Å². The van der Waals surface area contributed by atoms with Crippen LogP contribution in [0, 0.1) is 0 Å². The Morgan fingerprint density at radius 3 is 1.75 bits per heavy atom. The molecule has 3 heterocycles. The molecule has 0 unspecified atom stereocenters. The monoisotopic (exact) mass is 590 g/mol. The molecule has 0 saturated carbocycles. The standard InChI is InChI=1S/C39H24N4S/c1-3-11-25(12-4-1)37-40-38(26-13-5-2-6-14-26)42-39(41-37)27-19-21-28(22-20-27)43-33-17-9-7-15-29(33)31-23-32-30-16-8-10-18-35(30)44-36(32)24-34(31)43/h1-24H/i1D,2D,3D,4D,5D,6D,11D,12D,13D,14D. The summed E-state index contributed by atoms with van der Waals surface area (Å²) >= 11 is 1.74. The highest BCUT2D eigenvalue weighted by atomic mass is 32.1. The highest BCUT2D eigenvalue weighted by Gasteiger charge is 2.16. The summed E-state index contributed by atoms with van der Waals surface area (Å²) in [5.41, 5.74) is 2.71. The Morgan fingerprint density at radius 1 is 0.477 bits per heavy atom. The summed E-state index contributed by atoms with van der Waals surface area (Å²) in [6.07, 6.45) is 0. The Hall–Kier alpha value is -5.65. The zero-order valence-corrected chi connectivity index (χ0v) is 23.6. The van der Waals surface area contributed by atoms with E-state index in [4.69, 9.17) is 13.7 Å². The summed E-state index contributed by atoms with van der Waals surface area (Å²) in [6.45, 7) is 0. The molecule has 0 atom stereocenters. The first-order chi connectivity index (χ1) is 25.9. The summed E-state index contributed by atoms with van der Waals surface area (Å²) in [5, 5.41) is 4.61. The molecular formula is C39H24N4S. The maximum Gasteiger partial charge on any atom is 0.164 e. The molecule has 5 heteroatoms. The van der Waals surface area contributed by atoms with E-state index in [0.29, 0.717) is 5.56 Å². The summed E-state index contributed by atoms with van der Waals surface area (Å²) in [7, 11) is 0. The van der Waals surface area contributed by atoms with Crippen LogP contribution in [0.25, 0.3) is 81.8 Å². The first kappa shape index (κ1) is 16.8.